The second kappa shape index (κ2) is 4.72. The van der Waals surface area contributed by atoms with Gasteiger partial charge in [0.05, 0.1) is 28.8 Å². The van der Waals surface area contributed by atoms with Crippen molar-refractivity contribution in [2.24, 2.45) is 0 Å². The molecular formula is C15H17NO4S. The second-order valence-corrected chi connectivity index (χ2v) is 8.39. The number of methoxy groups -OCH3 is 1. The molecular weight excluding hydrogens is 290 g/mol. The summed E-state index contributed by atoms with van der Waals surface area (Å²) in [5.74, 6) is 0.455. The van der Waals surface area contributed by atoms with Crippen LogP contribution in [0.25, 0.3) is 0 Å². The molecule has 2 atom stereocenters. The van der Waals surface area contributed by atoms with Crippen molar-refractivity contribution in [1.82, 2.24) is 0 Å². The Balaban J connectivity index is 2.00. The Bertz CT molecular complexity index is 700. The Morgan fingerprint density at radius 1 is 1.33 bits per heavy atom. The van der Waals surface area contributed by atoms with Crippen molar-refractivity contribution >= 4 is 9.84 Å². The van der Waals surface area contributed by atoms with Crippen LogP contribution in [-0.2, 0) is 15.4 Å². The van der Waals surface area contributed by atoms with Crippen molar-refractivity contribution < 1.29 is 18.3 Å². The summed E-state index contributed by atoms with van der Waals surface area (Å²) in [6.07, 6.45) is 1.67. The van der Waals surface area contributed by atoms with E-state index < -0.39 is 25.9 Å². The molecule has 1 aromatic carbocycles. The first kappa shape index (κ1) is 14.4. The molecule has 2 unspecified atom stereocenters. The Morgan fingerprint density at radius 3 is 2.48 bits per heavy atom. The van der Waals surface area contributed by atoms with Crippen LogP contribution in [0.2, 0.25) is 0 Å². The first-order valence-electron chi connectivity index (χ1n) is 6.94. The lowest BCUT2D eigenvalue weighted by Crippen LogP contribution is -2.43. The lowest BCUT2D eigenvalue weighted by atomic mass is 9.85. The molecule has 0 saturated carbocycles. The van der Waals surface area contributed by atoms with E-state index in [1.807, 2.05) is 6.07 Å². The van der Waals surface area contributed by atoms with Gasteiger partial charge in [0.25, 0.3) is 0 Å². The maximum absolute atomic E-state index is 12.1. The van der Waals surface area contributed by atoms with Gasteiger partial charge >= 0.3 is 0 Å². The molecule has 2 saturated heterocycles. The van der Waals surface area contributed by atoms with E-state index in [0.29, 0.717) is 29.7 Å². The number of ether oxygens (including phenoxy) is 1. The van der Waals surface area contributed by atoms with Crippen molar-refractivity contribution in [3.63, 3.8) is 0 Å². The molecule has 2 bridgehead atoms. The summed E-state index contributed by atoms with van der Waals surface area (Å²) in [6, 6.07) is 7.02. The molecule has 0 aliphatic carbocycles. The van der Waals surface area contributed by atoms with Crippen molar-refractivity contribution in [3.05, 3.63) is 29.3 Å². The third kappa shape index (κ3) is 2.12. The van der Waals surface area contributed by atoms with Crippen LogP contribution in [0.1, 0.15) is 36.8 Å². The molecule has 5 nitrogen and oxygen atoms in total. The van der Waals surface area contributed by atoms with Gasteiger partial charge in [0, 0.05) is 0 Å². The highest BCUT2D eigenvalue weighted by molar-refractivity contribution is 7.93. The highest BCUT2D eigenvalue weighted by Crippen LogP contribution is 2.47. The van der Waals surface area contributed by atoms with E-state index >= 15 is 0 Å². The number of nitrogens with zero attached hydrogens (tertiary/aromatic N) is 1. The standard InChI is InChI=1S/C15H17NO4S/c1-20-14-5-2-11(6-10(14)9-16)15(17)7-12-3-4-13(8-15)21(12,18)19/h2,5-6,12-13,17H,3-4,7-8H2,1H3. The van der Waals surface area contributed by atoms with Crippen molar-refractivity contribution in [3.8, 4) is 11.8 Å². The minimum Gasteiger partial charge on any atom is -0.495 e. The topological polar surface area (TPSA) is 87.4 Å². The van der Waals surface area contributed by atoms with Gasteiger partial charge in [-0.15, -0.1) is 0 Å². The van der Waals surface area contributed by atoms with Gasteiger partial charge in [-0.2, -0.15) is 5.26 Å². The lowest BCUT2D eigenvalue weighted by Gasteiger charge is -2.36. The molecule has 0 radical (unpaired) electrons. The molecule has 0 aromatic heterocycles. The van der Waals surface area contributed by atoms with Crippen LogP contribution in [0.5, 0.6) is 5.75 Å². The average molecular weight is 307 g/mol. The fourth-order valence-corrected chi connectivity index (χ4v) is 6.06. The van der Waals surface area contributed by atoms with Crippen LogP contribution in [-0.4, -0.2) is 31.1 Å². The molecule has 0 amide bonds. The van der Waals surface area contributed by atoms with Crippen LogP contribution < -0.4 is 4.74 Å². The smallest absolute Gasteiger partial charge is 0.156 e. The summed E-state index contributed by atoms with van der Waals surface area (Å²) in [4.78, 5) is 0. The molecule has 6 heteroatoms. The number of benzene rings is 1. The van der Waals surface area contributed by atoms with E-state index in [0.717, 1.165) is 0 Å². The van der Waals surface area contributed by atoms with Gasteiger partial charge in [0.15, 0.2) is 9.84 Å². The first-order chi connectivity index (χ1) is 9.90. The largest absolute Gasteiger partial charge is 0.495 e. The zero-order valence-electron chi connectivity index (χ0n) is 11.7. The predicted molar refractivity (Wildman–Crippen MR) is 76.6 cm³/mol. The molecule has 3 rings (SSSR count). The van der Waals surface area contributed by atoms with E-state index in [9.17, 15) is 13.5 Å². The normalized spacial score (nSPS) is 33.4. The second-order valence-electron chi connectivity index (χ2n) is 5.88. The minimum absolute atomic E-state index is 0.211. The van der Waals surface area contributed by atoms with Gasteiger partial charge in [-0.25, -0.2) is 8.42 Å². The van der Waals surface area contributed by atoms with Gasteiger partial charge in [-0.3, -0.25) is 0 Å². The van der Waals surface area contributed by atoms with E-state index in [1.54, 1.807) is 18.2 Å². The van der Waals surface area contributed by atoms with Crippen LogP contribution in [0.3, 0.4) is 0 Å². The maximum Gasteiger partial charge on any atom is 0.156 e. The van der Waals surface area contributed by atoms with E-state index in [2.05, 4.69) is 0 Å². The van der Waals surface area contributed by atoms with E-state index in [-0.39, 0.29) is 12.8 Å². The zero-order valence-corrected chi connectivity index (χ0v) is 12.6. The summed E-state index contributed by atoms with van der Waals surface area (Å²) in [7, 11) is -1.60. The molecule has 2 fully saturated rings. The quantitative estimate of drug-likeness (QED) is 0.894. The lowest BCUT2D eigenvalue weighted by molar-refractivity contribution is 0.0172. The zero-order chi connectivity index (χ0) is 15.3. The fourth-order valence-electron chi connectivity index (χ4n) is 3.57. The SMILES string of the molecule is COc1ccc(C2(O)CC3CCC(C2)S3(=O)=O)cc1C#N. The van der Waals surface area contributed by atoms with Gasteiger partial charge < -0.3 is 9.84 Å². The molecule has 2 heterocycles. The number of nitriles is 1. The average Bonchev–Trinajstić information content (AvgIpc) is 2.66. The highest BCUT2D eigenvalue weighted by atomic mass is 32.2. The molecule has 0 spiro atoms. The van der Waals surface area contributed by atoms with Crippen molar-refractivity contribution in [2.45, 2.75) is 41.8 Å². The number of hydrogen-bond donors (Lipinski definition) is 1. The Hall–Kier alpha value is -1.58. The van der Waals surface area contributed by atoms with Crippen LogP contribution >= 0.6 is 0 Å². The molecule has 112 valence electrons. The molecule has 1 N–H and O–H groups in total. The third-order valence-electron chi connectivity index (χ3n) is 4.73. The van der Waals surface area contributed by atoms with Crippen LogP contribution in [0, 0.1) is 11.3 Å². The fraction of sp³-hybridized carbons (Fsp3) is 0.533. The number of hydrogen-bond acceptors (Lipinski definition) is 5. The first-order valence-corrected chi connectivity index (χ1v) is 8.55. The third-order valence-corrected chi connectivity index (χ3v) is 7.39. The maximum atomic E-state index is 12.1. The summed E-state index contributed by atoms with van der Waals surface area (Å²) in [5.41, 5.74) is -0.217. The number of rotatable bonds is 2. The molecule has 21 heavy (non-hydrogen) atoms. The molecule has 1 aromatic rings. The van der Waals surface area contributed by atoms with Crippen molar-refractivity contribution in [1.29, 1.82) is 5.26 Å². The van der Waals surface area contributed by atoms with E-state index in [4.69, 9.17) is 10.00 Å². The monoisotopic (exact) mass is 307 g/mol. The van der Waals surface area contributed by atoms with Gasteiger partial charge in [-0.05, 0) is 43.4 Å². The van der Waals surface area contributed by atoms with Crippen molar-refractivity contribution in [2.75, 3.05) is 7.11 Å². The summed E-state index contributed by atoms with van der Waals surface area (Å²) in [5, 5.41) is 19.1. The summed E-state index contributed by atoms with van der Waals surface area (Å²) >= 11 is 0. The van der Waals surface area contributed by atoms with E-state index in [1.165, 1.54) is 7.11 Å². The summed E-state index contributed by atoms with van der Waals surface area (Å²) in [6.45, 7) is 0. The predicted octanol–water partition coefficient (Wildman–Crippen LogP) is 1.49. The number of sulfone groups is 1. The Morgan fingerprint density at radius 2 is 1.95 bits per heavy atom. The van der Waals surface area contributed by atoms with Crippen LogP contribution in [0.4, 0.5) is 0 Å². The van der Waals surface area contributed by atoms with Gasteiger partial charge in [0.2, 0.25) is 0 Å². The van der Waals surface area contributed by atoms with Gasteiger partial charge in [0.1, 0.15) is 11.8 Å². The number of fused-ring (bicyclic) bond motifs is 2. The molecule has 2 aliphatic rings. The minimum atomic E-state index is -3.09. The highest BCUT2D eigenvalue weighted by Gasteiger charge is 2.53. The number of aliphatic hydroxyl groups is 1. The van der Waals surface area contributed by atoms with Gasteiger partial charge in [-0.1, -0.05) is 6.07 Å². The Labute approximate surface area is 124 Å². The Kier molecular flexibility index (Phi) is 3.23. The van der Waals surface area contributed by atoms with Crippen LogP contribution in [0.15, 0.2) is 18.2 Å². The summed E-state index contributed by atoms with van der Waals surface area (Å²) < 4.78 is 29.4. The molecule has 2 aliphatic heterocycles.